The van der Waals surface area contributed by atoms with Crippen molar-refractivity contribution in [2.24, 2.45) is 0 Å². The van der Waals surface area contributed by atoms with Crippen LogP contribution in [0.3, 0.4) is 0 Å². The van der Waals surface area contributed by atoms with Crippen LogP contribution in [-0.2, 0) is 32.2 Å². The molecule has 4 aromatic rings. The molecule has 0 radical (unpaired) electrons. The molecule has 212 valence electrons. The van der Waals surface area contributed by atoms with Gasteiger partial charge < -0.3 is 9.72 Å². The average Bonchev–Trinajstić information content (AvgIpc) is 3.37. The van der Waals surface area contributed by atoms with Gasteiger partial charge in [0.25, 0.3) is 10.0 Å². The number of halogens is 1. The Bertz CT molecular complexity index is 1570. The highest BCUT2D eigenvalue weighted by Gasteiger charge is 2.23. The van der Waals surface area contributed by atoms with Crippen LogP contribution in [-0.4, -0.2) is 77.7 Å². The van der Waals surface area contributed by atoms with Gasteiger partial charge in [0, 0.05) is 62.6 Å². The number of sulfonamides is 1. The Morgan fingerprint density at radius 2 is 1.82 bits per heavy atom. The molecule has 0 saturated carbocycles. The number of nitrogens with one attached hydrogen (secondary N) is 2. The van der Waals surface area contributed by atoms with Crippen molar-refractivity contribution in [3.05, 3.63) is 83.3 Å². The number of hydrogen-bond donors (Lipinski definition) is 2. The Hall–Kier alpha value is -2.80. The second kappa shape index (κ2) is 12.8. The number of anilines is 1. The fourth-order valence-corrected chi connectivity index (χ4v) is 7.22. The van der Waals surface area contributed by atoms with Crippen molar-refractivity contribution < 1.29 is 17.4 Å². The monoisotopic (exact) mass is 601 g/mol. The first-order chi connectivity index (χ1) is 19.3. The third kappa shape index (κ3) is 6.73. The molecule has 1 saturated heterocycles. The molecule has 9 nitrogen and oxygen atoms in total. The van der Waals surface area contributed by atoms with E-state index in [2.05, 4.69) is 19.6 Å². The lowest BCUT2D eigenvalue weighted by Crippen LogP contribution is -2.47. The number of ether oxygens (including phenoxy) is 1. The largest absolute Gasteiger partial charge is 0.380 e. The molecular weight excluding hydrogens is 570 g/mol. The van der Waals surface area contributed by atoms with E-state index in [1.54, 1.807) is 36.7 Å². The van der Waals surface area contributed by atoms with E-state index in [-0.39, 0.29) is 4.90 Å². The second-order valence-corrected chi connectivity index (χ2v) is 13.2. The maximum atomic E-state index is 13.2. The van der Waals surface area contributed by atoms with E-state index < -0.39 is 21.0 Å². The first-order valence-electron chi connectivity index (χ1n) is 13.1. The van der Waals surface area contributed by atoms with Gasteiger partial charge in [0.15, 0.2) is 0 Å². The lowest BCUT2D eigenvalue weighted by atomic mass is 10.2. The fraction of sp³-hybridized carbons (Fsp3) is 0.321. The molecule has 3 heterocycles. The Morgan fingerprint density at radius 3 is 2.55 bits per heavy atom. The van der Waals surface area contributed by atoms with Gasteiger partial charge in [-0.2, -0.15) is 0 Å². The minimum atomic E-state index is -3.86. The summed E-state index contributed by atoms with van der Waals surface area (Å²) in [6.07, 6.45) is 4.37. The quantitative estimate of drug-likeness (QED) is 0.249. The Kier molecular flexibility index (Phi) is 9.19. The molecule has 5 rings (SSSR count). The van der Waals surface area contributed by atoms with E-state index in [4.69, 9.17) is 16.3 Å². The third-order valence-corrected chi connectivity index (χ3v) is 10.1. The zero-order chi connectivity index (χ0) is 28.1. The lowest BCUT2D eigenvalue weighted by molar-refractivity contribution is 0.0924. The summed E-state index contributed by atoms with van der Waals surface area (Å²) in [5, 5.41) is 1.33. The molecule has 40 heavy (non-hydrogen) atoms. The fourth-order valence-electron chi connectivity index (χ4n) is 4.68. The van der Waals surface area contributed by atoms with Gasteiger partial charge in [-0.1, -0.05) is 17.7 Å². The summed E-state index contributed by atoms with van der Waals surface area (Å²) in [6, 6.07) is 15.4. The van der Waals surface area contributed by atoms with Crippen LogP contribution in [0.25, 0.3) is 10.9 Å². The number of fused-ring (bicyclic) bond motifs is 1. The molecule has 1 fully saturated rings. The maximum Gasteiger partial charge on any atom is 0.261 e. The smallest absolute Gasteiger partial charge is 0.261 e. The number of aryl methyl sites for hydroxylation is 1. The van der Waals surface area contributed by atoms with Gasteiger partial charge in [-0.25, -0.2) is 16.9 Å². The molecule has 0 amide bonds. The summed E-state index contributed by atoms with van der Waals surface area (Å²) >= 11 is 6.30. The van der Waals surface area contributed by atoms with Gasteiger partial charge in [0.2, 0.25) is 0 Å². The van der Waals surface area contributed by atoms with Crippen molar-refractivity contribution in [1.29, 1.82) is 0 Å². The molecule has 1 unspecified atom stereocenters. The number of aromatic amines is 1. The van der Waals surface area contributed by atoms with Crippen LogP contribution in [0.1, 0.15) is 11.3 Å². The van der Waals surface area contributed by atoms with Crippen molar-refractivity contribution in [3.63, 3.8) is 0 Å². The van der Waals surface area contributed by atoms with E-state index in [9.17, 15) is 12.6 Å². The van der Waals surface area contributed by atoms with Crippen LogP contribution < -0.4 is 4.72 Å². The molecule has 1 aliphatic rings. The topological polar surface area (TPSA) is 108 Å². The first-order valence-corrected chi connectivity index (χ1v) is 16.0. The van der Waals surface area contributed by atoms with Crippen LogP contribution in [0.15, 0.2) is 76.8 Å². The standard InChI is InChI=1S/C28H32ClN5O4S2/c1-21-20-31-28-26(10-9-25(29)27(21)28)32-40(36,37)24-7-5-23(6-8-24)39(35)34-15-13-33(14-16-34)17-19-38-18-11-22-4-2-3-12-30-22/h2-10,12,20,31-32H,11,13-19H2,1H3. The second-order valence-electron chi connectivity index (χ2n) is 9.60. The first kappa shape index (κ1) is 28.7. The molecule has 1 aliphatic heterocycles. The molecule has 2 N–H and O–H groups in total. The highest BCUT2D eigenvalue weighted by Crippen LogP contribution is 2.33. The number of pyridine rings is 1. The summed E-state index contributed by atoms with van der Waals surface area (Å²) in [4.78, 5) is 10.3. The van der Waals surface area contributed by atoms with Crippen LogP contribution in [0.5, 0.6) is 0 Å². The highest BCUT2D eigenvalue weighted by atomic mass is 35.5. The van der Waals surface area contributed by atoms with Gasteiger partial charge in [0.05, 0.1) is 39.2 Å². The summed E-state index contributed by atoms with van der Waals surface area (Å²) in [6.45, 7) is 6.91. The summed E-state index contributed by atoms with van der Waals surface area (Å²) < 4.78 is 49.7. The third-order valence-electron chi connectivity index (χ3n) is 6.91. The minimum Gasteiger partial charge on any atom is -0.380 e. The molecule has 12 heteroatoms. The molecule has 0 aliphatic carbocycles. The van der Waals surface area contributed by atoms with Crippen molar-refractivity contribution in [1.82, 2.24) is 19.2 Å². The molecule has 0 spiro atoms. The van der Waals surface area contributed by atoms with Crippen molar-refractivity contribution in [3.8, 4) is 0 Å². The van der Waals surface area contributed by atoms with Crippen molar-refractivity contribution in [2.45, 2.75) is 23.1 Å². The van der Waals surface area contributed by atoms with E-state index in [0.29, 0.717) is 47.4 Å². The van der Waals surface area contributed by atoms with Gasteiger partial charge in [-0.3, -0.25) is 14.6 Å². The van der Waals surface area contributed by atoms with Gasteiger partial charge in [-0.15, -0.1) is 0 Å². The van der Waals surface area contributed by atoms with Crippen molar-refractivity contribution in [2.75, 3.05) is 50.7 Å². The number of H-pyrrole nitrogens is 1. The SMILES string of the molecule is Cc1c[nH]c2c(NS(=O)(=O)c3ccc(S(=O)N4CCN(CCOCCc5ccccn5)CC4)cc3)ccc(Cl)c12. The predicted molar refractivity (Wildman–Crippen MR) is 158 cm³/mol. The Balaban J connectivity index is 1.11. The maximum absolute atomic E-state index is 13.2. The molecule has 2 aromatic heterocycles. The molecular formula is C28H32ClN5O4S2. The van der Waals surface area contributed by atoms with E-state index in [1.165, 1.54) is 12.1 Å². The highest BCUT2D eigenvalue weighted by molar-refractivity contribution is 7.92. The van der Waals surface area contributed by atoms with Crippen LogP contribution >= 0.6 is 11.6 Å². The number of hydrogen-bond acceptors (Lipinski definition) is 6. The molecule has 2 aromatic carbocycles. The van der Waals surface area contributed by atoms with Crippen LogP contribution in [0, 0.1) is 6.92 Å². The number of benzene rings is 2. The van der Waals surface area contributed by atoms with Crippen LogP contribution in [0.2, 0.25) is 5.02 Å². The number of nitrogens with zero attached hydrogens (tertiary/aromatic N) is 3. The molecule has 1 atom stereocenters. The number of rotatable bonds is 11. The van der Waals surface area contributed by atoms with Crippen molar-refractivity contribution >= 4 is 49.2 Å². The molecule has 0 bridgehead atoms. The predicted octanol–water partition coefficient (Wildman–Crippen LogP) is 4.23. The average molecular weight is 602 g/mol. The van der Waals surface area contributed by atoms with Gasteiger partial charge in [0.1, 0.15) is 11.0 Å². The Morgan fingerprint density at radius 1 is 1.05 bits per heavy atom. The van der Waals surface area contributed by atoms with Gasteiger partial charge in [-0.05, 0) is 61.0 Å². The Labute approximate surface area is 242 Å². The zero-order valence-electron chi connectivity index (χ0n) is 22.2. The van der Waals surface area contributed by atoms with E-state index in [0.717, 1.165) is 42.7 Å². The number of aromatic nitrogens is 2. The summed E-state index contributed by atoms with van der Waals surface area (Å²) in [7, 11) is -5.23. The van der Waals surface area contributed by atoms with Crippen LogP contribution in [0.4, 0.5) is 5.69 Å². The summed E-state index contributed by atoms with van der Waals surface area (Å²) in [5.74, 6) is 0. The lowest BCUT2D eigenvalue weighted by Gasteiger charge is -2.33. The minimum absolute atomic E-state index is 0.0903. The van der Waals surface area contributed by atoms with E-state index in [1.807, 2.05) is 29.4 Å². The zero-order valence-corrected chi connectivity index (χ0v) is 24.6. The summed E-state index contributed by atoms with van der Waals surface area (Å²) in [5.41, 5.74) is 2.99. The van der Waals surface area contributed by atoms with Gasteiger partial charge >= 0.3 is 0 Å². The van der Waals surface area contributed by atoms with E-state index >= 15 is 0 Å². The number of piperazine rings is 1. The normalized spacial score (nSPS) is 15.8.